The number of aryl methyl sites for hydroxylation is 2. The van der Waals surface area contributed by atoms with Crippen LogP contribution in [0.1, 0.15) is 36.6 Å². The molecule has 2 aromatic heterocycles. The van der Waals surface area contributed by atoms with Crippen LogP contribution in [0.3, 0.4) is 0 Å². The third kappa shape index (κ3) is 3.79. The molecule has 2 rings (SSSR count). The summed E-state index contributed by atoms with van der Waals surface area (Å²) in [6, 6.07) is 5.66. The summed E-state index contributed by atoms with van der Waals surface area (Å²) >= 11 is 0. The fourth-order valence-corrected chi connectivity index (χ4v) is 2.84. The quantitative estimate of drug-likeness (QED) is 0.911. The molecule has 0 aliphatic rings. The second kappa shape index (κ2) is 6.39. The van der Waals surface area contributed by atoms with Crippen LogP contribution in [0.15, 0.2) is 29.3 Å². The number of hydrogen-bond acceptors (Lipinski definition) is 6. The van der Waals surface area contributed by atoms with Crippen molar-refractivity contribution < 1.29 is 8.42 Å². The molecule has 0 spiro atoms. The number of anilines is 1. The van der Waals surface area contributed by atoms with Gasteiger partial charge in [0.2, 0.25) is 0 Å². The van der Waals surface area contributed by atoms with Crippen molar-refractivity contribution in [1.29, 1.82) is 0 Å². The Kier molecular flexibility index (Phi) is 4.75. The largest absolute Gasteiger partial charge is 0.361 e. The van der Waals surface area contributed by atoms with Crippen LogP contribution in [0, 0.1) is 13.8 Å². The highest BCUT2D eigenvalue weighted by Gasteiger charge is 2.19. The zero-order chi connectivity index (χ0) is 16.3. The van der Waals surface area contributed by atoms with Crippen molar-refractivity contribution in [3.63, 3.8) is 0 Å². The molecule has 6 nitrogen and oxygen atoms in total. The molecule has 0 radical (unpaired) electrons. The fourth-order valence-electron chi connectivity index (χ4n) is 2.14. The second-order valence-corrected chi connectivity index (χ2v) is 7.20. The average molecular weight is 320 g/mol. The summed E-state index contributed by atoms with van der Waals surface area (Å²) in [4.78, 5) is 12.8. The predicted molar refractivity (Wildman–Crippen MR) is 85.5 cm³/mol. The number of nitrogens with one attached hydrogen (secondary N) is 1. The Hall–Kier alpha value is -2.02. The number of aromatic nitrogens is 3. The van der Waals surface area contributed by atoms with E-state index >= 15 is 0 Å². The Morgan fingerprint density at radius 1 is 1.23 bits per heavy atom. The van der Waals surface area contributed by atoms with E-state index < -0.39 is 9.84 Å². The molecule has 22 heavy (non-hydrogen) atoms. The number of hydrogen-bond donors (Lipinski definition) is 1. The van der Waals surface area contributed by atoms with Gasteiger partial charge in [0, 0.05) is 11.9 Å². The molecule has 2 heterocycles. The number of rotatable bonds is 5. The molecule has 0 aliphatic carbocycles. The van der Waals surface area contributed by atoms with Crippen molar-refractivity contribution >= 4 is 15.7 Å². The first-order chi connectivity index (χ1) is 10.3. The van der Waals surface area contributed by atoms with E-state index in [4.69, 9.17) is 0 Å². The molecule has 1 N–H and O–H groups in total. The van der Waals surface area contributed by atoms with Crippen LogP contribution in [-0.4, -0.2) is 29.6 Å². The smallest absolute Gasteiger partial charge is 0.180 e. The lowest BCUT2D eigenvalue weighted by Crippen LogP contribution is -2.16. The maximum absolute atomic E-state index is 11.9. The highest BCUT2D eigenvalue weighted by molar-refractivity contribution is 7.90. The van der Waals surface area contributed by atoms with Gasteiger partial charge in [0.15, 0.2) is 9.84 Å². The Morgan fingerprint density at radius 2 is 1.95 bits per heavy atom. The van der Waals surface area contributed by atoms with Crippen molar-refractivity contribution in [1.82, 2.24) is 15.0 Å². The molecular weight excluding hydrogens is 300 g/mol. The molecule has 7 heteroatoms. The topological polar surface area (TPSA) is 84.8 Å². The van der Waals surface area contributed by atoms with Crippen LogP contribution >= 0.6 is 0 Å². The fraction of sp³-hybridized carbons (Fsp3) is 0.400. The van der Waals surface area contributed by atoms with Gasteiger partial charge in [-0.25, -0.2) is 18.4 Å². The molecule has 0 aliphatic heterocycles. The standard InChI is InChI=1S/C15H20N4O2S/c1-5-12(13-8-6-7-10(2)17-13)19-15-14(22(4,20)21)9-16-11(3)18-15/h6-9,12H,5H2,1-4H3,(H,16,18,19)/t12-/m0/s1. The molecule has 0 amide bonds. The SMILES string of the molecule is CC[C@H](Nc1nc(C)ncc1S(C)(=O)=O)c1cccc(C)n1. The molecule has 2 aromatic rings. The Labute approximate surface area is 131 Å². The lowest BCUT2D eigenvalue weighted by Gasteiger charge is -2.19. The van der Waals surface area contributed by atoms with Crippen molar-refractivity contribution in [3.05, 3.63) is 41.6 Å². The maximum Gasteiger partial charge on any atom is 0.180 e. The monoisotopic (exact) mass is 320 g/mol. The summed E-state index contributed by atoms with van der Waals surface area (Å²) < 4.78 is 23.8. The minimum absolute atomic E-state index is 0.101. The van der Waals surface area contributed by atoms with Gasteiger partial charge in [-0.15, -0.1) is 0 Å². The van der Waals surface area contributed by atoms with Gasteiger partial charge >= 0.3 is 0 Å². The van der Waals surface area contributed by atoms with Crippen LogP contribution in [0.2, 0.25) is 0 Å². The molecule has 0 fully saturated rings. The van der Waals surface area contributed by atoms with Gasteiger partial charge in [0.25, 0.3) is 0 Å². The summed E-state index contributed by atoms with van der Waals surface area (Å²) in [5.74, 6) is 0.840. The predicted octanol–water partition coefficient (Wildman–Crippen LogP) is 2.46. The minimum atomic E-state index is -3.40. The summed E-state index contributed by atoms with van der Waals surface area (Å²) in [5.41, 5.74) is 1.78. The van der Waals surface area contributed by atoms with Gasteiger partial charge in [0.05, 0.1) is 17.9 Å². The van der Waals surface area contributed by atoms with Crippen molar-refractivity contribution in [2.45, 2.75) is 38.1 Å². The number of pyridine rings is 1. The maximum atomic E-state index is 11.9. The van der Waals surface area contributed by atoms with E-state index in [0.717, 1.165) is 24.1 Å². The summed E-state index contributed by atoms with van der Waals surface area (Å²) in [7, 11) is -3.40. The van der Waals surface area contributed by atoms with E-state index in [2.05, 4.69) is 20.3 Å². The Bertz CT molecular complexity index is 775. The van der Waals surface area contributed by atoms with Crippen LogP contribution < -0.4 is 5.32 Å². The van der Waals surface area contributed by atoms with Crippen LogP contribution in [0.4, 0.5) is 5.82 Å². The first-order valence-corrected chi connectivity index (χ1v) is 8.94. The normalized spacial score (nSPS) is 12.9. The van der Waals surface area contributed by atoms with Gasteiger partial charge < -0.3 is 5.32 Å². The number of nitrogens with zero attached hydrogens (tertiary/aromatic N) is 3. The van der Waals surface area contributed by atoms with Crippen molar-refractivity contribution in [3.8, 4) is 0 Å². The van der Waals surface area contributed by atoms with Crippen molar-refractivity contribution in [2.24, 2.45) is 0 Å². The highest BCUT2D eigenvalue weighted by Crippen LogP contribution is 2.25. The Morgan fingerprint density at radius 3 is 2.55 bits per heavy atom. The number of sulfone groups is 1. The third-order valence-corrected chi connectivity index (χ3v) is 4.36. The van der Waals surface area contributed by atoms with E-state index in [1.54, 1.807) is 6.92 Å². The summed E-state index contributed by atoms with van der Waals surface area (Å²) in [5, 5.41) is 3.20. The molecular formula is C15H20N4O2S. The zero-order valence-corrected chi connectivity index (χ0v) is 14.0. The molecule has 0 unspecified atom stereocenters. The first-order valence-electron chi connectivity index (χ1n) is 7.05. The van der Waals surface area contributed by atoms with Gasteiger partial charge in [-0.1, -0.05) is 13.0 Å². The van der Waals surface area contributed by atoms with Gasteiger partial charge in [-0.05, 0) is 32.4 Å². The average Bonchev–Trinajstić information content (AvgIpc) is 2.43. The van der Waals surface area contributed by atoms with E-state index in [9.17, 15) is 8.42 Å². The summed E-state index contributed by atoms with van der Waals surface area (Å²) in [6.45, 7) is 5.66. The van der Waals surface area contributed by atoms with E-state index in [1.165, 1.54) is 6.20 Å². The van der Waals surface area contributed by atoms with Crippen LogP contribution in [-0.2, 0) is 9.84 Å². The van der Waals surface area contributed by atoms with E-state index in [1.807, 2.05) is 32.0 Å². The van der Waals surface area contributed by atoms with Gasteiger partial charge in [-0.2, -0.15) is 0 Å². The Balaban J connectivity index is 2.42. The molecule has 0 saturated heterocycles. The van der Waals surface area contributed by atoms with E-state index in [0.29, 0.717) is 11.6 Å². The third-order valence-electron chi connectivity index (χ3n) is 3.26. The molecule has 118 valence electrons. The lowest BCUT2D eigenvalue weighted by atomic mass is 10.1. The summed E-state index contributed by atoms with van der Waals surface area (Å²) in [6.07, 6.45) is 3.25. The molecule has 0 aromatic carbocycles. The first kappa shape index (κ1) is 16.4. The molecule has 0 bridgehead atoms. The lowest BCUT2D eigenvalue weighted by molar-refractivity contribution is 0.600. The van der Waals surface area contributed by atoms with Crippen LogP contribution in [0.25, 0.3) is 0 Å². The minimum Gasteiger partial charge on any atom is -0.361 e. The van der Waals surface area contributed by atoms with E-state index in [-0.39, 0.29) is 10.9 Å². The highest BCUT2D eigenvalue weighted by atomic mass is 32.2. The van der Waals surface area contributed by atoms with Crippen molar-refractivity contribution in [2.75, 3.05) is 11.6 Å². The zero-order valence-electron chi connectivity index (χ0n) is 13.2. The molecule has 1 atom stereocenters. The van der Waals surface area contributed by atoms with Gasteiger partial charge in [0.1, 0.15) is 16.5 Å². The van der Waals surface area contributed by atoms with Gasteiger partial charge in [-0.3, -0.25) is 4.98 Å². The van der Waals surface area contributed by atoms with Crippen LogP contribution in [0.5, 0.6) is 0 Å². The second-order valence-electron chi connectivity index (χ2n) is 5.21. The molecule has 0 saturated carbocycles.